The van der Waals surface area contributed by atoms with E-state index < -0.39 is 0 Å². The molecule has 27 heavy (non-hydrogen) atoms. The second-order valence-electron chi connectivity index (χ2n) is 6.33. The zero-order chi connectivity index (χ0) is 18.2. The van der Waals surface area contributed by atoms with E-state index in [1.807, 2.05) is 30.3 Å². The normalized spacial score (nSPS) is 14.7. The highest BCUT2D eigenvalue weighted by Gasteiger charge is 2.18. The lowest BCUT2D eigenvalue weighted by Gasteiger charge is -2.24. The zero-order valence-electron chi connectivity index (χ0n) is 14.4. The molecule has 0 bridgehead atoms. The van der Waals surface area contributed by atoms with Gasteiger partial charge in [-0.15, -0.1) is 0 Å². The number of oxazole rings is 1. The van der Waals surface area contributed by atoms with Gasteiger partial charge in [-0.3, -0.25) is 4.79 Å². The molecular weight excluding hydrogens is 346 g/mol. The van der Waals surface area contributed by atoms with E-state index in [2.05, 4.69) is 25.2 Å². The number of hydrogen-bond donors (Lipinski definition) is 2. The first-order valence-corrected chi connectivity index (χ1v) is 8.75. The Kier molecular flexibility index (Phi) is 3.75. The van der Waals surface area contributed by atoms with Crippen molar-refractivity contribution in [2.75, 3.05) is 36.5 Å². The summed E-state index contributed by atoms with van der Waals surface area (Å²) < 4.78 is 11.2. The molecular formula is C19H17N5O3. The summed E-state index contributed by atoms with van der Waals surface area (Å²) in [5.41, 5.74) is 3.28. The van der Waals surface area contributed by atoms with Gasteiger partial charge in [-0.1, -0.05) is 0 Å². The predicted octanol–water partition coefficient (Wildman–Crippen LogP) is 2.79. The van der Waals surface area contributed by atoms with E-state index in [0.29, 0.717) is 47.2 Å². The molecule has 1 saturated heterocycles. The summed E-state index contributed by atoms with van der Waals surface area (Å²) in [5, 5.41) is 3.70. The number of H-pyrrole nitrogens is 1. The summed E-state index contributed by atoms with van der Waals surface area (Å²) in [7, 11) is 0. The number of amides is 1. The summed E-state index contributed by atoms with van der Waals surface area (Å²) in [5.74, 6) is -0.203. The number of anilines is 2. The largest absolute Gasteiger partial charge is 0.423 e. The van der Waals surface area contributed by atoms with Crippen LogP contribution >= 0.6 is 0 Å². The van der Waals surface area contributed by atoms with Crippen LogP contribution < -0.4 is 10.2 Å². The van der Waals surface area contributed by atoms with E-state index in [4.69, 9.17) is 9.15 Å². The first-order chi connectivity index (χ1) is 13.3. The highest BCUT2D eigenvalue weighted by atomic mass is 16.5. The monoisotopic (exact) mass is 363 g/mol. The molecule has 2 N–H and O–H groups in total. The van der Waals surface area contributed by atoms with Crippen molar-refractivity contribution in [2.45, 2.75) is 0 Å². The molecule has 0 saturated carbocycles. The van der Waals surface area contributed by atoms with E-state index in [9.17, 15) is 4.79 Å². The van der Waals surface area contributed by atoms with Gasteiger partial charge in [-0.05, 0) is 30.3 Å². The number of morpholine rings is 1. The van der Waals surface area contributed by atoms with E-state index in [0.717, 1.165) is 18.5 Å². The summed E-state index contributed by atoms with van der Waals surface area (Å²) in [4.78, 5) is 26.5. The number of fused-ring (bicyclic) bond motifs is 2. The number of ether oxygens (including phenoxy) is 1. The lowest BCUT2D eigenvalue weighted by molar-refractivity contribution is 0.102. The van der Waals surface area contributed by atoms with Crippen molar-refractivity contribution >= 4 is 39.7 Å². The van der Waals surface area contributed by atoms with Gasteiger partial charge in [0.1, 0.15) is 11.2 Å². The molecule has 1 amide bonds. The van der Waals surface area contributed by atoms with Crippen LogP contribution in [0, 0.1) is 0 Å². The van der Waals surface area contributed by atoms with Crippen LogP contribution in [0.15, 0.2) is 47.1 Å². The fourth-order valence-corrected chi connectivity index (χ4v) is 3.23. The molecule has 136 valence electrons. The van der Waals surface area contributed by atoms with Gasteiger partial charge in [-0.25, -0.2) is 4.98 Å². The minimum Gasteiger partial charge on any atom is -0.423 e. The Hall–Kier alpha value is -3.39. The van der Waals surface area contributed by atoms with E-state index >= 15 is 0 Å². The highest BCUT2D eigenvalue weighted by Crippen LogP contribution is 2.26. The molecule has 4 heterocycles. The van der Waals surface area contributed by atoms with Crippen LogP contribution in [0.4, 0.5) is 11.7 Å². The number of aromatic amines is 1. The quantitative estimate of drug-likeness (QED) is 0.581. The fourth-order valence-electron chi connectivity index (χ4n) is 3.23. The van der Waals surface area contributed by atoms with Crippen molar-refractivity contribution in [3.8, 4) is 0 Å². The number of nitrogens with one attached hydrogen (secondary N) is 2. The number of nitrogens with zero attached hydrogens (tertiary/aromatic N) is 3. The topological polar surface area (TPSA) is 96.3 Å². The molecule has 4 aromatic rings. The molecule has 1 aromatic carbocycles. The van der Waals surface area contributed by atoms with Crippen LogP contribution in [0.3, 0.4) is 0 Å². The lowest BCUT2D eigenvalue weighted by Crippen LogP contribution is -2.36. The average Bonchev–Trinajstić information content (AvgIpc) is 3.32. The van der Waals surface area contributed by atoms with Crippen molar-refractivity contribution < 1.29 is 13.9 Å². The Morgan fingerprint density at radius 3 is 3.00 bits per heavy atom. The number of rotatable bonds is 3. The SMILES string of the molecule is O=C(Nc1ccc2oc(N3CCOCC3)nc2c1)c1c[nH]c2ncccc12. The first kappa shape index (κ1) is 15.8. The molecule has 0 radical (unpaired) electrons. The van der Waals surface area contributed by atoms with E-state index in [1.165, 1.54) is 0 Å². The van der Waals surface area contributed by atoms with Gasteiger partial charge in [-0.2, -0.15) is 4.98 Å². The zero-order valence-corrected chi connectivity index (χ0v) is 14.4. The third-order valence-electron chi connectivity index (χ3n) is 4.61. The van der Waals surface area contributed by atoms with Crippen LogP contribution in [0.5, 0.6) is 0 Å². The second kappa shape index (κ2) is 6.40. The van der Waals surface area contributed by atoms with E-state index in [1.54, 1.807) is 12.4 Å². The third-order valence-corrected chi connectivity index (χ3v) is 4.61. The Morgan fingerprint density at radius 1 is 1.22 bits per heavy atom. The number of hydrogen-bond acceptors (Lipinski definition) is 6. The maximum Gasteiger partial charge on any atom is 0.298 e. The van der Waals surface area contributed by atoms with Gasteiger partial charge in [0.2, 0.25) is 0 Å². The van der Waals surface area contributed by atoms with Gasteiger partial charge in [0.25, 0.3) is 11.9 Å². The molecule has 8 heteroatoms. The maximum atomic E-state index is 12.7. The molecule has 3 aromatic heterocycles. The first-order valence-electron chi connectivity index (χ1n) is 8.75. The molecule has 0 atom stereocenters. The standard InChI is InChI=1S/C19H17N5O3/c25-18(14-11-21-17-13(14)2-1-5-20-17)22-12-3-4-16-15(10-12)23-19(27-16)24-6-8-26-9-7-24/h1-5,10-11H,6-9H2,(H,20,21)(H,22,25). The number of pyridine rings is 1. The molecule has 8 nitrogen and oxygen atoms in total. The number of carbonyl (C=O) groups excluding carboxylic acids is 1. The average molecular weight is 363 g/mol. The van der Waals surface area contributed by atoms with Crippen LogP contribution in [0.1, 0.15) is 10.4 Å². The van der Waals surface area contributed by atoms with Crippen molar-refractivity contribution in [3.05, 3.63) is 48.3 Å². The van der Waals surface area contributed by atoms with Crippen molar-refractivity contribution in [1.82, 2.24) is 15.0 Å². The minimum atomic E-state index is -0.203. The van der Waals surface area contributed by atoms with Crippen molar-refractivity contribution in [1.29, 1.82) is 0 Å². The lowest BCUT2D eigenvalue weighted by atomic mass is 10.2. The van der Waals surface area contributed by atoms with E-state index in [-0.39, 0.29) is 5.91 Å². The predicted molar refractivity (Wildman–Crippen MR) is 101 cm³/mol. The van der Waals surface area contributed by atoms with Crippen LogP contribution in [0.25, 0.3) is 22.1 Å². The number of aromatic nitrogens is 3. The van der Waals surface area contributed by atoms with Crippen LogP contribution in [-0.4, -0.2) is 47.2 Å². The van der Waals surface area contributed by atoms with Gasteiger partial charge in [0, 0.05) is 36.6 Å². The number of benzene rings is 1. The highest BCUT2D eigenvalue weighted by molar-refractivity contribution is 6.12. The summed E-state index contributed by atoms with van der Waals surface area (Å²) in [6.07, 6.45) is 3.35. The minimum absolute atomic E-state index is 0.203. The fraction of sp³-hybridized carbons (Fsp3) is 0.211. The van der Waals surface area contributed by atoms with Crippen LogP contribution in [0.2, 0.25) is 0 Å². The van der Waals surface area contributed by atoms with Crippen molar-refractivity contribution in [2.24, 2.45) is 0 Å². The molecule has 1 aliphatic rings. The van der Waals surface area contributed by atoms with Crippen molar-refractivity contribution in [3.63, 3.8) is 0 Å². The van der Waals surface area contributed by atoms with Gasteiger partial charge < -0.3 is 24.4 Å². The molecule has 1 aliphatic heterocycles. The molecule has 0 aliphatic carbocycles. The Morgan fingerprint density at radius 2 is 2.11 bits per heavy atom. The number of carbonyl (C=O) groups is 1. The Balaban J connectivity index is 1.40. The second-order valence-corrected chi connectivity index (χ2v) is 6.33. The third kappa shape index (κ3) is 2.89. The summed E-state index contributed by atoms with van der Waals surface area (Å²) in [6, 6.07) is 9.69. The molecule has 5 rings (SSSR count). The smallest absolute Gasteiger partial charge is 0.298 e. The van der Waals surface area contributed by atoms with Crippen LogP contribution in [-0.2, 0) is 4.74 Å². The molecule has 1 fully saturated rings. The molecule has 0 spiro atoms. The molecule has 0 unspecified atom stereocenters. The Labute approximate surface area is 154 Å². The van der Waals surface area contributed by atoms with Gasteiger partial charge in [0.15, 0.2) is 5.58 Å². The van der Waals surface area contributed by atoms with Gasteiger partial charge >= 0.3 is 0 Å². The maximum absolute atomic E-state index is 12.7. The summed E-state index contributed by atoms with van der Waals surface area (Å²) >= 11 is 0. The van der Waals surface area contributed by atoms with Gasteiger partial charge in [0.05, 0.1) is 18.8 Å². The summed E-state index contributed by atoms with van der Waals surface area (Å²) in [6.45, 7) is 2.84. The Bertz CT molecular complexity index is 1130.